The predicted molar refractivity (Wildman–Crippen MR) is 92.1 cm³/mol. The van der Waals surface area contributed by atoms with E-state index in [4.69, 9.17) is 0 Å². The lowest BCUT2D eigenvalue weighted by Crippen LogP contribution is -2.49. The SMILES string of the molecule is CN1C2CCC1CC(NC(=O)c1cn(C)c3ccsc3c1=O)C2. The smallest absolute Gasteiger partial charge is 0.257 e. The molecule has 6 heteroatoms. The Morgan fingerprint density at radius 2 is 1.96 bits per heavy atom. The Balaban J connectivity index is 1.58. The number of carbonyl (C=O) groups is 1. The molecule has 2 bridgehead atoms. The van der Waals surface area contributed by atoms with E-state index >= 15 is 0 Å². The molecule has 4 rings (SSSR count). The highest BCUT2D eigenvalue weighted by molar-refractivity contribution is 7.17. The number of nitrogens with one attached hydrogen (secondary N) is 1. The van der Waals surface area contributed by atoms with Gasteiger partial charge < -0.3 is 14.8 Å². The summed E-state index contributed by atoms with van der Waals surface area (Å²) in [6.07, 6.45) is 6.07. The number of carbonyl (C=O) groups excluding carboxylic acids is 1. The van der Waals surface area contributed by atoms with Gasteiger partial charge in [0.05, 0.1) is 10.2 Å². The van der Waals surface area contributed by atoms with Crippen LogP contribution < -0.4 is 10.7 Å². The molecular weight excluding hydrogens is 310 g/mol. The third kappa shape index (κ3) is 2.40. The van der Waals surface area contributed by atoms with Gasteiger partial charge in [0.25, 0.3) is 5.91 Å². The van der Waals surface area contributed by atoms with Gasteiger partial charge in [-0.1, -0.05) is 0 Å². The molecule has 2 aromatic heterocycles. The van der Waals surface area contributed by atoms with Crippen LogP contribution in [-0.4, -0.2) is 40.5 Å². The zero-order valence-electron chi connectivity index (χ0n) is 13.4. The Kier molecular flexibility index (Phi) is 3.54. The van der Waals surface area contributed by atoms with Gasteiger partial charge in [-0.05, 0) is 44.2 Å². The fourth-order valence-corrected chi connectivity index (χ4v) is 5.03. The topological polar surface area (TPSA) is 54.3 Å². The molecule has 4 heterocycles. The monoisotopic (exact) mass is 331 g/mol. The van der Waals surface area contributed by atoms with Crippen molar-refractivity contribution in [3.05, 3.63) is 33.4 Å². The molecule has 2 aliphatic rings. The molecule has 0 aromatic carbocycles. The van der Waals surface area contributed by atoms with Crippen LogP contribution in [0.25, 0.3) is 10.2 Å². The van der Waals surface area contributed by atoms with Crippen LogP contribution in [0.2, 0.25) is 0 Å². The molecule has 2 fully saturated rings. The third-order valence-electron chi connectivity index (χ3n) is 5.48. The molecule has 2 aromatic rings. The number of piperidine rings is 1. The summed E-state index contributed by atoms with van der Waals surface area (Å²) in [6, 6.07) is 3.24. The summed E-state index contributed by atoms with van der Waals surface area (Å²) in [4.78, 5) is 27.6. The molecular formula is C17H21N3O2S. The molecule has 122 valence electrons. The van der Waals surface area contributed by atoms with E-state index in [2.05, 4.69) is 17.3 Å². The average molecular weight is 331 g/mol. The second-order valence-corrected chi connectivity index (χ2v) is 7.73. The van der Waals surface area contributed by atoms with Gasteiger partial charge >= 0.3 is 0 Å². The van der Waals surface area contributed by atoms with Crippen LogP contribution in [0.15, 0.2) is 22.4 Å². The van der Waals surface area contributed by atoms with Crippen LogP contribution in [-0.2, 0) is 7.05 Å². The summed E-state index contributed by atoms with van der Waals surface area (Å²) < 4.78 is 2.52. The van der Waals surface area contributed by atoms with E-state index in [0.717, 1.165) is 18.4 Å². The molecule has 2 unspecified atom stereocenters. The van der Waals surface area contributed by atoms with Gasteiger partial charge in [0.15, 0.2) is 0 Å². The summed E-state index contributed by atoms with van der Waals surface area (Å²) in [5.41, 5.74) is 0.990. The number of amides is 1. The van der Waals surface area contributed by atoms with Gasteiger partial charge in [-0.25, -0.2) is 0 Å². The maximum absolute atomic E-state index is 12.6. The van der Waals surface area contributed by atoms with Crippen molar-refractivity contribution in [2.24, 2.45) is 7.05 Å². The maximum atomic E-state index is 12.6. The molecule has 0 radical (unpaired) electrons. The second kappa shape index (κ2) is 5.46. The fourth-order valence-electron chi connectivity index (χ4n) is 4.15. The lowest BCUT2D eigenvalue weighted by atomic mass is 9.97. The Bertz CT molecular complexity index is 811. The summed E-state index contributed by atoms with van der Waals surface area (Å²) in [6.45, 7) is 0. The number of fused-ring (bicyclic) bond motifs is 3. The number of hydrogen-bond donors (Lipinski definition) is 1. The number of pyridine rings is 1. The first-order valence-corrected chi connectivity index (χ1v) is 9.02. The number of nitrogens with zero attached hydrogens (tertiary/aromatic N) is 2. The minimum atomic E-state index is -0.227. The molecule has 5 nitrogen and oxygen atoms in total. The van der Waals surface area contributed by atoms with Crippen LogP contribution in [0.1, 0.15) is 36.0 Å². The number of hydrogen-bond acceptors (Lipinski definition) is 4. The highest BCUT2D eigenvalue weighted by atomic mass is 32.1. The van der Waals surface area contributed by atoms with Crippen molar-refractivity contribution in [3.63, 3.8) is 0 Å². The van der Waals surface area contributed by atoms with Crippen LogP contribution in [0.4, 0.5) is 0 Å². The molecule has 2 aliphatic heterocycles. The normalized spacial score (nSPS) is 27.5. The van der Waals surface area contributed by atoms with Crippen LogP contribution in [0.3, 0.4) is 0 Å². The maximum Gasteiger partial charge on any atom is 0.257 e. The lowest BCUT2D eigenvalue weighted by Gasteiger charge is -2.36. The van der Waals surface area contributed by atoms with E-state index in [9.17, 15) is 9.59 Å². The van der Waals surface area contributed by atoms with Gasteiger partial charge in [-0.3, -0.25) is 9.59 Å². The zero-order chi connectivity index (χ0) is 16.1. The number of aryl methyl sites for hydroxylation is 1. The van der Waals surface area contributed by atoms with E-state index in [1.807, 2.05) is 23.1 Å². The van der Waals surface area contributed by atoms with Gasteiger partial charge in [-0.15, -0.1) is 11.3 Å². The lowest BCUT2D eigenvalue weighted by molar-refractivity contribution is 0.0881. The molecule has 0 spiro atoms. The van der Waals surface area contributed by atoms with Gasteiger partial charge in [-0.2, -0.15) is 0 Å². The van der Waals surface area contributed by atoms with Crippen molar-refractivity contribution in [3.8, 4) is 0 Å². The van der Waals surface area contributed by atoms with Gasteiger partial charge in [0, 0.05) is 31.4 Å². The Morgan fingerprint density at radius 3 is 2.65 bits per heavy atom. The van der Waals surface area contributed by atoms with E-state index in [1.165, 1.54) is 24.2 Å². The van der Waals surface area contributed by atoms with Crippen molar-refractivity contribution in [1.82, 2.24) is 14.8 Å². The first-order chi connectivity index (χ1) is 11.0. The largest absolute Gasteiger partial charge is 0.349 e. The van der Waals surface area contributed by atoms with E-state index in [1.54, 1.807) is 6.20 Å². The molecule has 2 atom stereocenters. The molecule has 1 N–H and O–H groups in total. The third-order valence-corrected chi connectivity index (χ3v) is 6.38. The van der Waals surface area contributed by atoms with Crippen LogP contribution in [0, 0.1) is 0 Å². The highest BCUT2D eigenvalue weighted by Gasteiger charge is 2.39. The minimum absolute atomic E-state index is 0.151. The van der Waals surface area contributed by atoms with Crippen molar-refractivity contribution in [2.45, 2.75) is 43.8 Å². The molecule has 2 saturated heterocycles. The molecule has 23 heavy (non-hydrogen) atoms. The number of aromatic nitrogens is 1. The average Bonchev–Trinajstić information content (AvgIpc) is 3.07. The molecule has 1 amide bonds. The van der Waals surface area contributed by atoms with E-state index < -0.39 is 0 Å². The Hall–Kier alpha value is -1.66. The number of thiophene rings is 1. The summed E-state index contributed by atoms with van der Waals surface area (Å²) in [5.74, 6) is -0.227. The highest BCUT2D eigenvalue weighted by Crippen LogP contribution is 2.34. The van der Waals surface area contributed by atoms with Gasteiger partial charge in [0.2, 0.25) is 5.43 Å². The van der Waals surface area contributed by atoms with Crippen molar-refractivity contribution < 1.29 is 4.79 Å². The Morgan fingerprint density at radius 1 is 1.26 bits per heavy atom. The van der Waals surface area contributed by atoms with E-state index in [-0.39, 0.29) is 22.9 Å². The number of rotatable bonds is 2. The van der Waals surface area contributed by atoms with Crippen LogP contribution in [0.5, 0.6) is 0 Å². The van der Waals surface area contributed by atoms with Crippen molar-refractivity contribution in [1.29, 1.82) is 0 Å². The fraction of sp³-hybridized carbons (Fsp3) is 0.529. The summed E-state index contributed by atoms with van der Waals surface area (Å²) in [7, 11) is 4.06. The molecule has 0 aliphatic carbocycles. The van der Waals surface area contributed by atoms with Crippen LogP contribution >= 0.6 is 11.3 Å². The zero-order valence-corrected chi connectivity index (χ0v) is 14.2. The summed E-state index contributed by atoms with van der Waals surface area (Å²) in [5, 5.41) is 5.00. The Labute approximate surface area is 138 Å². The van der Waals surface area contributed by atoms with Crippen molar-refractivity contribution in [2.75, 3.05) is 7.05 Å². The van der Waals surface area contributed by atoms with Gasteiger partial charge in [0.1, 0.15) is 5.56 Å². The standard InChI is InChI=1S/C17H21N3O2S/c1-19-9-13(15(21)16-14(19)5-6-23-16)17(22)18-10-7-11-3-4-12(8-10)20(11)2/h5-6,9-12H,3-4,7-8H2,1-2H3,(H,18,22). The van der Waals surface area contributed by atoms with Crippen molar-refractivity contribution >= 4 is 27.5 Å². The second-order valence-electron chi connectivity index (χ2n) is 6.81. The first-order valence-electron chi connectivity index (χ1n) is 8.14. The first kappa shape index (κ1) is 14.9. The predicted octanol–water partition coefficient (Wildman–Crippen LogP) is 1.95. The quantitative estimate of drug-likeness (QED) is 0.915. The van der Waals surface area contributed by atoms with E-state index in [0.29, 0.717) is 16.8 Å². The minimum Gasteiger partial charge on any atom is -0.349 e. The summed E-state index contributed by atoms with van der Waals surface area (Å²) >= 11 is 1.40. The molecule has 0 saturated carbocycles.